The molecule has 3 N–H and O–H groups in total. The van der Waals surface area contributed by atoms with Crippen LogP contribution in [0.3, 0.4) is 0 Å². The first kappa shape index (κ1) is 12.9. The molecule has 15 heavy (non-hydrogen) atoms. The summed E-state index contributed by atoms with van der Waals surface area (Å²) in [6.07, 6.45) is -0.192. The normalized spacial score (nSPS) is 24.7. The monoisotopic (exact) mass is 237 g/mol. The van der Waals surface area contributed by atoms with Gasteiger partial charge in [0.05, 0.1) is 12.7 Å². The van der Waals surface area contributed by atoms with E-state index in [1.165, 1.54) is 4.31 Å². The van der Waals surface area contributed by atoms with Crippen molar-refractivity contribution in [2.75, 3.05) is 26.2 Å². The van der Waals surface area contributed by atoms with Gasteiger partial charge in [0, 0.05) is 25.7 Å². The fraction of sp³-hybridized carbons (Fsp3) is 1.00. The molecule has 1 fully saturated rings. The van der Waals surface area contributed by atoms with Gasteiger partial charge in [0.2, 0.25) is 0 Å². The highest BCUT2D eigenvalue weighted by Crippen LogP contribution is 2.08. The molecule has 0 aromatic heterocycles. The van der Waals surface area contributed by atoms with Crippen molar-refractivity contribution in [3.63, 3.8) is 0 Å². The van der Waals surface area contributed by atoms with Crippen molar-refractivity contribution >= 4 is 10.2 Å². The Labute approximate surface area is 90.9 Å². The summed E-state index contributed by atoms with van der Waals surface area (Å²) in [7, 11) is -3.38. The molecule has 0 spiro atoms. The van der Waals surface area contributed by atoms with Gasteiger partial charge in [-0.1, -0.05) is 0 Å². The van der Waals surface area contributed by atoms with Crippen molar-refractivity contribution in [3.05, 3.63) is 0 Å². The number of rotatable bonds is 4. The Bertz CT molecular complexity index is 292. The summed E-state index contributed by atoms with van der Waals surface area (Å²) in [4.78, 5) is 0. The summed E-state index contributed by atoms with van der Waals surface area (Å²) in [6.45, 7) is 5.04. The van der Waals surface area contributed by atoms with Crippen LogP contribution in [0.2, 0.25) is 0 Å². The van der Waals surface area contributed by atoms with Crippen molar-refractivity contribution in [1.82, 2.24) is 9.03 Å². The molecular weight excluding hydrogens is 218 g/mol. The second-order valence-electron chi connectivity index (χ2n) is 3.86. The highest BCUT2D eigenvalue weighted by molar-refractivity contribution is 7.87. The zero-order valence-corrected chi connectivity index (χ0v) is 9.96. The summed E-state index contributed by atoms with van der Waals surface area (Å²) in [5.41, 5.74) is 5.44. The van der Waals surface area contributed by atoms with E-state index < -0.39 is 10.2 Å². The van der Waals surface area contributed by atoms with Crippen LogP contribution in [-0.4, -0.2) is 51.1 Å². The average Bonchev–Trinajstić information content (AvgIpc) is 2.16. The van der Waals surface area contributed by atoms with Gasteiger partial charge in [0.1, 0.15) is 0 Å². The van der Waals surface area contributed by atoms with Gasteiger partial charge < -0.3 is 10.5 Å². The molecule has 1 heterocycles. The molecule has 90 valence electrons. The van der Waals surface area contributed by atoms with Crippen molar-refractivity contribution < 1.29 is 13.2 Å². The predicted octanol–water partition coefficient (Wildman–Crippen LogP) is -1.11. The van der Waals surface area contributed by atoms with Crippen LogP contribution in [0.15, 0.2) is 0 Å². The number of hydrogen-bond donors (Lipinski definition) is 2. The lowest BCUT2D eigenvalue weighted by Gasteiger charge is -2.31. The fourth-order valence-electron chi connectivity index (χ4n) is 1.43. The molecule has 7 heteroatoms. The maximum absolute atomic E-state index is 11.8. The number of nitrogens with zero attached hydrogens (tertiary/aromatic N) is 1. The predicted molar refractivity (Wildman–Crippen MR) is 57.6 cm³/mol. The Hall–Kier alpha value is -0.210. The first-order valence-corrected chi connectivity index (χ1v) is 6.49. The average molecular weight is 237 g/mol. The molecule has 1 aliphatic heterocycles. The van der Waals surface area contributed by atoms with E-state index in [2.05, 4.69) is 4.72 Å². The Balaban J connectivity index is 2.62. The largest absolute Gasteiger partial charge is 0.374 e. The molecule has 1 rings (SSSR count). The van der Waals surface area contributed by atoms with Gasteiger partial charge in [-0.05, 0) is 13.8 Å². The highest BCUT2D eigenvalue weighted by atomic mass is 32.2. The number of nitrogens with one attached hydrogen (secondary N) is 1. The van der Waals surface area contributed by atoms with Gasteiger partial charge in [-0.15, -0.1) is 0 Å². The van der Waals surface area contributed by atoms with Crippen LogP contribution in [0, 0.1) is 0 Å². The van der Waals surface area contributed by atoms with Crippen molar-refractivity contribution in [3.8, 4) is 0 Å². The summed E-state index contributed by atoms with van der Waals surface area (Å²) >= 11 is 0. The van der Waals surface area contributed by atoms with E-state index in [-0.39, 0.29) is 12.1 Å². The molecule has 0 aromatic rings. The maximum atomic E-state index is 11.8. The lowest BCUT2D eigenvalue weighted by molar-refractivity contribution is 0.00406. The first-order chi connectivity index (χ1) is 6.95. The van der Waals surface area contributed by atoms with Crippen molar-refractivity contribution in [2.45, 2.75) is 26.0 Å². The SMILES string of the molecule is CC(C)NS(=O)(=O)N1CCOC(CN)C1. The molecule has 0 aliphatic carbocycles. The van der Waals surface area contributed by atoms with E-state index >= 15 is 0 Å². The van der Waals surface area contributed by atoms with E-state index in [0.717, 1.165) is 0 Å². The van der Waals surface area contributed by atoms with Crippen LogP contribution in [0.25, 0.3) is 0 Å². The minimum absolute atomic E-state index is 0.103. The number of hydrogen-bond acceptors (Lipinski definition) is 4. The van der Waals surface area contributed by atoms with Crippen LogP contribution >= 0.6 is 0 Å². The lowest BCUT2D eigenvalue weighted by atomic mass is 10.3. The molecule has 1 saturated heterocycles. The molecule has 0 saturated carbocycles. The van der Waals surface area contributed by atoms with Gasteiger partial charge in [-0.25, -0.2) is 0 Å². The van der Waals surface area contributed by atoms with E-state index in [1.807, 2.05) is 0 Å². The van der Waals surface area contributed by atoms with Crippen LogP contribution < -0.4 is 10.5 Å². The first-order valence-electron chi connectivity index (χ1n) is 5.04. The highest BCUT2D eigenvalue weighted by Gasteiger charge is 2.28. The molecule has 0 bridgehead atoms. The van der Waals surface area contributed by atoms with Crippen LogP contribution in [-0.2, 0) is 14.9 Å². The second kappa shape index (κ2) is 5.22. The fourth-order valence-corrected chi connectivity index (χ4v) is 2.85. The second-order valence-corrected chi connectivity index (χ2v) is 5.57. The Morgan fingerprint density at radius 2 is 2.27 bits per heavy atom. The lowest BCUT2D eigenvalue weighted by Crippen LogP contribution is -2.52. The smallest absolute Gasteiger partial charge is 0.279 e. The van der Waals surface area contributed by atoms with E-state index in [0.29, 0.717) is 26.2 Å². The minimum atomic E-state index is -3.38. The molecule has 1 atom stereocenters. The summed E-state index contributed by atoms with van der Waals surface area (Å²) in [5.74, 6) is 0. The third kappa shape index (κ3) is 3.69. The maximum Gasteiger partial charge on any atom is 0.279 e. The van der Waals surface area contributed by atoms with Gasteiger partial charge in [0.15, 0.2) is 0 Å². The number of morpholine rings is 1. The third-order valence-corrected chi connectivity index (χ3v) is 3.87. The molecule has 1 aliphatic rings. The minimum Gasteiger partial charge on any atom is -0.374 e. The van der Waals surface area contributed by atoms with Gasteiger partial charge in [0.25, 0.3) is 10.2 Å². The van der Waals surface area contributed by atoms with Gasteiger partial charge in [-0.3, -0.25) is 0 Å². The molecule has 6 nitrogen and oxygen atoms in total. The topological polar surface area (TPSA) is 84.7 Å². The number of ether oxygens (including phenoxy) is 1. The third-order valence-electron chi connectivity index (χ3n) is 2.09. The molecule has 0 amide bonds. The van der Waals surface area contributed by atoms with E-state index in [9.17, 15) is 8.42 Å². The standard InChI is InChI=1S/C8H19N3O3S/c1-7(2)10-15(12,13)11-3-4-14-8(5-9)6-11/h7-8,10H,3-6,9H2,1-2H3. The molecular formula is C8H19N3O3S. The van der Waals surface area contributed by atoms with Gasteiger partial charge >= 0.3 is 0 Å². The summed E-state index contributed by atoms with van der Waals surface area (Å²) < 4.78 is 32.8. The molecule has 0 aromatic carbocycles. The molecule has 0 radical (unpaired) electrons. The van der Waals surface area contributed by atoms with Crippen molar-refractivity contribution in [2.24, 2.45) is 5.73 Å². The Morgan fingerprint density at radius 3 is 2.80 bits per heavy atom. The Morgan fingerprint density at radius 1 is 1.60 bits per heavy atom. The van der Waals surface area contributed by atoms with Crippen molar-refractivity contribution in [1.29, 1.82) is 0 Å². The van der Waals surface area contributed by atoms with E-state index in [4.69, 9.17) is 10.5 Å². The zero-order chi connectivity index (χ0) is 11.5. The quantitative estimate of drug-likeness (QED) is 0.649. The zero-order valence-electron chi connectivity index (χ0n) is 9.14. The molecule has 1 unspecified atom stereocenters. The van der Waals surface area contributed by atoms with Crippen LogP contribution in [0.4, 0.5) is 0 Å². The van der Waals surface area contributed by atoms with Crippen LogP contribution in [0.5, 0.6) is 0 Å². The Kier molecular flexibility index (Phi) is 4.47. The summed E-state index contributed by atoms with van der Waals surface area (Å²) in [5, 5.41) is 0. The summed E-state index contributed by atoms with van der Waals surface area (Å²) in [6, 6.07) is -0.103. The number of nitrogens with two attached hydrogens (primary N) is 1. The van der Waals surface area contributed by atoms with Crippen LogP contribution in [0.1, 0.15) is 13.8 Å². The van der Waals surface area contributed by atoms with Gasteiger partial charge in [-0.2, -0.15) is 17.4 Å². The van der Waals surface area contributed by atoms with E-state index in [1.54, 1.807) is 13.8 Å².